The quantitative estimate of drug-likeness (QED) is 0.582. The van der Waals surface area contributed by atoms with Crippen molar-refractivity contribution in [1.29, 1.82) is 0 Å². The third-order valence-corrected chi connectivity index (χ3v) is 1.90. The molecule has 0 aromatic carbocycles. The lowest BCUT2D eigenvalue weighted by molar-refractivity contribution is -0.743. The minimum Gasteiger partial charge on any atom is -0.326 e. The average Bonchev–Trinajstić information content (AvgIpc) is 2.38. The Morgan fingerprint density at radius 1 is 1.45 bits per heavy atom. The van der Waals surface area contributed by atoms with Gasteiger partial charge >= 0.3 is 5.91 Å². The van der Waals surface area contributed by atoms with Crippen LogP contribution in [0, 0.1) is 0 Å². The molecule has 1 aliphatic rings. The maximum Gasteiger partial charge on any atom is 0.319 e. The number of rotatable bonds is 2. The molecule has 0 unspecified atom stereocenters. The zero-order valence-corrected chi connectivity index (χ0v) is 6.66. The molecule has 0 radical (unpaired) electrons. The first-order valence-electron chi connectivity index (χ1n) is 3.67. The van der Waals surface area contributed by atoms with Gasteiger partial charge in [0.25, 0.3) is 0 Å². The van der Waals surface area contributed by atoms with Crippen molar-refractivity contribution in [2.24, 2.45) is 5.73 Å². The zero-order valence-electron chi connectivity index (χ0n) is 6.66. The first kappa shape index (κ1) is 8.17. The van der Waals surface area contributed by atoms with Crippen molar-refractivity contribution in [3.8, 4) is 0 Å². The van der Waals surface area contributed by atoms with Crippen molar-refractivity contribution >= 4 is 5.91 Å². The highest BCUT2D eigenvalue weighted by Crippen LogP contribution is 2.15. The van der Waals surface area contributed by atoms with Gasteiger partial charge in [-0.2, -0.15) is 0 Å². The van der Waals surface area contributed by atoms with Gasteiger partial charge in [-0.25, -0.2) is 9.28 Å². The Labute approximate surface area is 66.4 Å². The summed E-state index contributed by atoms with van der Waals surface area (Å²) in [5.41, 5.74) is 5.40. The Morgan fingerprint density at radius 3 is 2.36 bits per heavy atom. The molecular formula is C8H13N2O+. The van der Waals surface area contributed by atoms with Crippen LogP contribution >= 0.6 is 0 Å². The predicted molar refractivity (Wildman–Crippen MR) is 43.1 cm³/mol. The molecule has 0 aromatic heterocycles. The minimum atomic E-state index is 0.112. The van der Waals surface area contributed by atoms with Crippen molar-refractivity contribution in [2.75, 3.05) is 13.1 Å². The van der Waals surface area contributed by atoms with Gasteiger partial charge in [-0.3, -0.25) is 0 Å². The van der Waals surface area contributed by atoms with Gasteiger partial charge in [-0.15, -0.1) is 0 Å². The number of carbonyl (C=O) groups is 1. The molecule has 1 amide bonds. The van der Waals surface area contributed by atoms with Crippen molar-refractivity contribution in [3.05, 3.63) is 24.6 Å². The Hall–Kier alpha value is -0.930. The van der Waals surface area contributed by atoms with Gasteiger partial charge < -0.3 is 5.73 Å². The van der Waals surface area contributed by atoms with Crippen LogP contribution in [0.15, 0.2) is 24.6 Å². The van der Waals surface area contributed by atoms with E-state index in [9.17, 15) is 4.79 Å². The average molecular weight is 153 g/mol. The number of quaternary nitrogens is 1. The molecule has 1 heterocycles. The first-order valence-corrected chi connectivity index (χ1v) is 3.67. The summed E-state index contributed by atoms with van der Waals surface area (Å²) in [6.07, 6.45) is 7.46. The number of carbonyl (C=O) groups excluding carboxylic acids is 1. The topological polar surface area (TPSA) is 43.1 Å². The van der Waals surface area contributed by atoms with Gasteiger partial charge in [0.05, 0.1) is 6.92 Å². The monoisotopic (exact) mass is 153 g/mol. The molecular weight excluding hydrogens is 140 g/mol. The van der Waals surface area contributed by atoms with Gasteiger partial charge in [0.1, 0.15) is 18.9 Å². The van der Waals surface area contributed by atoms with E-state index >= 15 is 0 Å². The fraction of sp³-hybridized carbons (Fsp3) is 0.375. The fourth-order valence-electron chi connectivity index (χ4n) is 1.19. The second-order valence-corrected chi connectivity index (χ2v) is 2.64. The molecule has 0 fully saturated rings. The second kappa shape index (κ2) is 2.98. The number of hydrogen-bond donors (Lipinski definition) is 1. The van der Waals surface area contributed by atoms with E-state index in [-0.39, 0.29) is 10.4 Å². The number of allylic oxidation sites excluding steroid dienone is 2. The minimum absolute atomic E-state index is 0.112. The fourth-order valence-corrected chi connectivity index (χ4v) is 1.19. The summed E-state index contributed by atoms with van der Waals surface area (Å²) in [5, 5.41) is 0. The summed E-state index contributed by atoms with van der Waals surface area (Å²) < 4.78 is 0.274. The van der Waals surface area contributed by atoms with E-state index in [1.807, 2.05) is 24.6 Å². The molecule has 0 aromatic rings. The molecule has 0 atom stereocenters. The standard InChI is InChI=1S/C8H13N2O/c1-8(11)10(7-4-9)5-2-3-6-10/h2-3,5-6H,4,7,9H2,1H3/q+1. The van der Waals surface area contributed by atoms with E-state index in [0.29, 0.717) is 13.1 Å². The lowest BCUT2D eigenvalue weighted by atomic mass is 10.4. The van der Waals surface area contributed by atoms with E-state index in [1.165, 1.54) is 0 Å². The molecule has 0 saturated carbocycles. The number of nitrogens with two attached hydrogens (primary N) is 1. The van der Waals surface area contributed by atoms with Gasteiger partial charge in [-0.05, 0) is 12.2 Å². The first-order chi connectivity index (χ1) is 5.21. The van der Waals surface area contributed by atoms with Crippen LogP contribution in [0.1, 0.15) is 6.92 Å². The molecule has 11 heavy (non-hydrogen) atoms. The van der Waals surface area contributed by atoms with Gasteiger partial charge in [0.15, 0.2) is 0 Å². The highest BCUT2D eigenvalue weighted by molar-refractivity contribution is 5.67. The predicted octanol–water partition coefficient (Wildman–Crippen LogP) is 0.349. The van der Waals surface area contributed by atoms with E-state index in [0.717, 1.165) is 0 Å². The Bertz CT molecular complexity index is 206. The van der Waals surface area contributed by atoms with Crippen LogP contribution in [0.2, 0.25) is 0 Å². The zero-order chi connectivity index (χ0) is 8.32. The van der Waals surface area contributed by atoms with Gasteiger partial charge in [0, 0.05) is 6.54 Å². The maximum atomic E-state index is 11.2. The molecule has 2 N–H and O–H groups in total. The summed E-state index contributed by atoms with van der Waals surface area (Å²) >= 11 is 0. The van der Waals surface area contributed by atoms with Crippen molar-refractivity contribution in [2.45, 2.75) is 6.92 Å². The summed E-state index contributed by atoms with van der Waals surface area (Å²) in [5.74, 6) is 0.112. The maximum absolute atomic E-state index is 11.2. The van der Waals surface area contributed by atoms with Crippen LogP contribution in [0.25, 0.3) is 0 Å². The highest BCUT2D eigenvalue weighted by atomic mass is 16.2. The van der Waals surface area contributed by atoms with Gasteiger partial charge in [-0.1, -0.05) is 0 Å². The SMILES string of the molecule is CC(=O)[N+]1(CCN)C=CC=C1. The third kappa shape index (κ3) is 1.39. The van der Waals surface area contributed by atoms with E-state index in [2.05, 4.69) is 0 Å². The third-order valence-electron chi connectivity index (χ3n) is 1.90. The van der Waals surface area contributed by atoms with Crippen molar-refractivity contribution in [1.82, 2.24) is 0 Å². The van der Waals surface area contributed by atoms with Crippen LogP contribution in [0.3, 0.4) is 0 Å². The second-order valence-electron chi connectivity index (χ2n) is 2.64. The van der Waals surface area contributed by atoms with Crippen LogP contribution in [0.4, 0.5) is 0 Å². The van der Waals surface area contributed by atoms with Crippen LogP contribution < -0.4 is 5.73 Å². The normalized spacial score (nSPS) is 19.1. The number of hydrogen-bond acceptors (Lipinski definition) is 2. The Kier molecular flexibility index (Phi) is 2.22. The molecule has 60 valence electrons. The molecule has 0 saturated heterocycles. The lowest BCUT2D eigenvalue weighted by Gasteiger charge is -2.23. The summed E-state index contributed by atoms with van der Waals surface area (Å²) in [6, 6.07) is 0. The van der Waals surface area contributed by atoms with Gasteiger partial charge in [0.2, 0.25) is 0 Å². The van der Waals surface area contributed by atoms with Crippen molar-refractivity contribution in [3.63, 3.8) is 0 Å². The number of nitrogens with zero attached hydrogens (tertiary/aromatic N) is 1. The van der Waals surface area contributed by atoms with Crippen LogP contribution in [-0.2, 0) is 4.79 Å². The van der Waals surface area contributed by atoms with Crippen LogP contribution in [0.5, 0.6) is 0 Å². The largest absolute Gasteiger partial charge is 0.326 e. The van der Waals surface area contributed by atoms with Crippen LogP contribution in [-0.4, -0.2) is 23.5 Å². The molecule has 0 aliphatic carbocycles. The molecule has 0 spiro atoms. The molecule has 0 bridgehead atoms. The smallest absolute Gasteiger partial charge is 0.319 e. The summed E-state index contributed by atoms with van der Waals surface area (Å²) in [7, 11) is 0. The molecule has 3 heteroatoms. The van der Waals surface area contributed by atoms with Crippen molar-refractivity contribution < 1.29 is 9.28 Å². The molecule has 1 rings (SSSR count). The molecule has 1 aliphatic heterocycles. The lowest BCUT2D eigenvalue weighted by Crippen LogP contribution is -2.43. The Balaban J connectivity index is 2.80. The van der Waals surface area contributed by atoms with E-state index in [1.54, 1.807) is 6.92 Å². The van der Waals surface area contributed by atoms with E-state index < -0.39 is 0 Å². The number of amides is 1. The summed E-state index contributed by atoms with van der Waals surface area (Å²) in [6.45, 7) is 2.76. The Morgan fingerprint density at radius 2 is 2.00 bits per heavy atom. The molecule has 3 nitrogen and oxygen atoms in total. The highest BCUT2D eigenvalue weighted by Gasteiger charge is 2.29. The van der Waals surface area contributed by atoms with E-state index in [4.69, 9.17) is 5.73 Å². The summed E-state index contributed by atoms with van der Waals surface area (Å²) in [4.78, 5) is 11.2.